The molecule has 5 heteroatoms. The third-order valence-corrected chi connectivity index (χ3v) is 5.37. The van der Waals surface area contributed by atoms with Gasteiger partial charge in [-0.2, -0.15) is 0 Å². The molecule has 1 aliphatic rings. The molecule has 2 N–H and O–H groups in total. The van der Waals surface area contributed by atoms with Gasteiger partial charge in [-0.15, -0.1) is 0 Å². The predicted molar refractivity (Wildman–Crippen MR) is 105 cm³/mol. The molecule has 0 aromatic heterocycles. The predicted octanol–water partition coefficient (Wildman–Crippen LogP) is 3.52. The SMILES string of the molecule is CC1(C(=O)O)CCN(C(=O)NCC(Cc2ccccc2)c2ccccc2)C1. The van der Waals surface area contributed by atoms with E-state index < -0.39 is 11.4 Å². The quantitative estimate of drug-likeness (QED) is 0.822. The summed E-state index contributed by atoms with van der Waals surface area (Å²) in [4.78, 5) is 25.6. The van der Waals surface area contributed by atoms with Crippen molar-refractivity contribution in [2.75, 3.05) is 19.6 Å². The van der Waals surface area contributed by atoms with Crippen molar-refractivity contribution in [3.8, 4) is 0 Å². The fourth-order valence-corrected chi connectivity index (χ4v) is 3.56. The average Bonchev–Trinajstić information content (AvgIpc) is 3.10. The van der Waals surface area contributed by atoms with Crippen molar-refractivity contribution < 1.29 is 14.7 Å². The Labute approximate surface area is 160 Å². The van der Waals surface area contributed by atoms with E-state index in [1.807, 2.05) is 36.4 Å². The van der Waals surface area contributed by atoms with E-state index in [-0.39, 0.29) is 18.5 Å². The normalized spacial score (nSPS) is 20.3. The number of likely N-dealkylation sites (tertiary alicyclic amines) is 1. The van der Waals surface area contributed by atoms with Crippen LogP contribution >= 0.6 is 0 Å². The van der Waals surface area contributed by atoms with Crippen LogP contribution < -0.4 is 5.32 Å². The van der Waals surface area contributed by atoms with Gasteiger partial charge in [0, 0.05) is 25.6 Å². The van der Waals surface area contributed by atoms with Crippen LogP contribution in [-0.4, -0.2) is 41.6 Å². The summed E-state index contributed by atoms with van der Waals surface area (Å²) in [6.45, 7) is 2.94. The summed E-state index contributed by atoms with van der Waals surface area (Å²) in [6.07, 6.45) is 1.32. The Morgan fingerprint density at radius 1 is 1.11 bits per heavy atom. The second-order valence-corrected chi connectivity index (χ2v) is 7.52. The Hall–Kier alpha value is -2.82. The van der Waals surface area contributed by atoms with Crippen LogP contribution in [0, 0.1) is 5.41 Å². The zero-order valence-corrected chi connectivity index (χ0v) is 15.6. The molecule has 0 bridgehead atoms. The summed E-state index contributed by atoms with van der Waals surface area (Å²) in [6, 6.07) is 20.2. The fraction of sp³-hybridized carbons (Fsp3) is 0.364. The zero-order valence-electron chi connectivity index (χ0n) is 15.6. The number of hydrogen-bond acceptors (Lipinski definition) is 2. The van der Waals surface area contributed by atoms with Gasteiger partial charge >= 0.3 is 12.0 Å². The van der Waals surface area contributed by atoms with E-state index in [4.69, 9.17) is 0 Å². The summed E-state index contributed by atoms with van der Waals surface area (Å²) in [5, 5.41) is 12.4. The second-order valence-electron chi connectivity index (χ2n) is 7.52. The molecule has 1 aliphatic heterocycles. The molecule has 2 aromatic rings. The Morgan fingerprint density at radius 2 is 1.74 bits per heavy atom. The van der Waals surface area contributed by atoms with Crippen molar-refractivity contribution in [1.29, 1.82) is 0 Å². The maximum absolute atomic E-state index is 12.6. The third kappa shape index (κ3) is 4.67. The first-order chi connectivity index (χ1) is 13.0. The minimum Gasteiger partial charge on any atom is -0.481 e. The van der Waals surface area contributed by atoms with Gasteiger partial charge in [-0.1, -0.05) is 60.7 Å². The van der Waals surface area contributed by atoms with Crippen LogP contribution in [0.15, 0.2) is 60.7 Å². The van der Waals surface area contributed by atoms with Gasteiger partial charge in [-0.3, -0.25) is 4.79 Å². The molecule has 2 amide bonds. The molecule has 2 unspecified atom stereocenters. The summed E-state index contributed by atoms with van der Waals surface area (Å²) in [5.41, 5.74) is 1.55. The lowest BCUT2D eigenvalue weighted by Gasteiger charge is -2.23. The van der Waals surface area contributed by atoms with Crippen LogP contribution in [0.5, 0.6) is 0 Å². The average molecular weight is 366 g/mol. The van der Waals surface area contributed by atoms with Crippen molar-refractivity contribution in [2.45, 2.75) is 25.7 Å². The summed E-state index contributed by atoms with van der Waals surface area (Å²) < 4.78 is 0. The number of carbonyl (C=O) groups is 2. The number of nitrogens with one attached hydrogen (secondary N) is 1. The van der Waals surface area contributed by atoms with Crippen LogP contribution in [0.2, 0.25) is 0 Å². The minimum absolute atomic E-state index is 0.158. The molecule has 0 radical (unpaired) electrons. The van der Waals surface area contributed by atoms with E-state index in [1.165, 1.54) is 11.1 Å². The van der Waals surface area contributed by atoms with E-state index in [2.05, 4.69) is 29.6 Å². The van der Waals surface area contributed by atoms with Crippen LogP contribution in [0.25, 0.3) is 0 Å². The number of rotatable bonds is 6. The molecule has 0 aliphatic carbocycles. The topological polar surface area (TPSA) is 69.6 Å². The molecule has 0 spiro atoms. The number of aliphatic carboxylic acids is 1. The number of hydrogen-bond donors (Lipinski definition) is 2. The van der Waals surface area contributed by atoms with Gasteiger partial charge in [0.2, 0.25) is 0 Å². The molecule has 3 rings (SSSR count). The van der Waals surface area contributed by atoms with Crippen molar-refractivity contribution in [3.63, 3.8) is 0 Å². The summed E-state index contributed by atoms with van der Waals surface area (Å²) >= 11 is 0. The van der Waals surface area contributed by atoms with Gasteiger partial charge in [-0.05, 0) is 30.9 Å². The first-order valence-electron chi connectivity index (χ1n) is 9.33. The molecule has 2 atom stereocenters. The molecule has 1 heterocycles. The highest BCUT2D eigenvalue weighted by Crippen LogP contribution is 2.30. The van der Waals surface area contributed by atoms with E-state index in [9.17, 15) is 14.7 Å². The monoisotopic (exact) mass is 366 g/mol. The van der Waals surface area contributed by atoms with Crippen LogP contribution in [0.3, 0.4) is 0 Å². The van der Waals surface area contributed by atoms with E-state index >= 15 is 0 Å². The molecule has 5 nitrogen and oxygen atoms in total. The van der Waals surface area contributed by atoms with Gasteiger partial charge < -0.3 is 15.3 Å². The molecule has 142 valence electrons. The highest BCUT2D eigenvalue weighted by Gasteiger charge is 2.42. The maximum Gasteiger partial charge on any atom is 0.317 e. The van der Waals surface area contributed by atoms with Crippen molar-refractivity contribution in [1.82, 2.24) is 10.2 Å². The molecule has 27 heavy (non-hydrogen) atoms. The molecule has 2 aromatic carbocycles. The van der Waals surface area contributed by atoms with Crippen LogP contribution in [0.1, 0.15) is 30.4 Å². The number of nitrogens with zero attached hydrogens (tertiary/aromatic N) is 1. The van der Waals surface area contributed by atoms with Crippen LogP contribution in [-0.2, 0) is 11.2 Å². The summed E-state index contributed by atoms with van der Waals surface area (Å²) in [5.74, 6) is -0.685. The largest absolute Gasteiger partial charge is 0.481 e. The Kier molecular flexibility index (Phi) is 5.79. The molecule has 1 saturated heterocycles. The van der Waals surface area contributed by atoms with Gasteiger partial charge in [-0.25, -0.2) is 4.79 Å². The van der Waals surface area contributed by atoms with Crippen molar-refractivity contribution in [2.24, 2.45) is 5.41 Å². The second kappa shape index (κ2) is 8.25. The molecular weight excluding hydrogens is 340 g/mol. The number of benzene rings is 2. The minimum atomic E-state index is -0.847. The number of urea groups is 1. The Balaban J connectivity index is 1.64. The van der Waals surface area contributed by atoms with Crippen LogP contribution in [0.4, 0.5) is 4.79 Å². The fourth-order valence-electron chi connectivity index (χ4n) is 3.56. The van der Waals surface area contributed by atoms with Gasteiger partial charge in [0.15, 0.2) is 0 Å². The number of amides is 2. The third-order valence-electron chi connectivity index (χ3n) is 5.37. The lowest BCUT2D eigenvalue weighted by Crippen LogP contribution is -2.42. The number of carbonyl (C=O) groups excluding carboxylic acids is 1. The smallest absolute Gasteiger partial charge is 0.317 e. The van der Waals surface area contributed by atoms with Crippen molar-refractivity contribution in [3.05, 3.63) is 71.8 Å². The first-order valence-corrected chi connectivity index (χ1v) is 9.33. The van der Waals surface area contributed by atoms with E-state index in [0.29, 0.717) is 19.5 Å². The lowest BCUT2D eigenvalue weighted by molar-refractivity contribution is -0.147. The van der Waals surface area contributed by atoms with E-state index in [0.717, 1.165) is 6.42 Å². The highest BCUT2D eigenvalue weighted by molar-refractivity contribution is 5.79. The number of carboxylic acid groups (broad SMARTS) is 1. The first kappa shape index (κ1) is 19.0. The maximum atomic E-state index is 12.6. The van der Waals surface area contributed by atoms with Gasteiger partial charge in [0.1, 0.15) is 0 Å². The van der Waals surface area contributed by atoms with E-state index in [1.54, 1.807) is 11.8 Å². The highest BCUT2D eigenvalue weighted by atomic mass is 16.4. The van der Waals surface area contributed by atoms with Gasteiger partial charge in [0.05, 0.1) is 5.41 Å². The number of carboxylic acids is 1. The van der Waals surface area contributed by atoms with Gasteiger partial charge in [0.25, 0.3) is 0 Å². The zero-order chi connectivity index (χ0) is 19.3. The lowest BCUT2D eigenvalue weighted by atomic mass is 9.90. The standard InChI is InChI=1S/C22H26N2O3/c1-22(20(25)26)12-13-24(16-22)21(27)23-15-19(18-10-6-3-7-11-18)14-17-8-4-2-5-9-17/h2-11,19H,12-16H2,1H3,(H,23,27)(H,25,26). The summed E-state index contributed by atoms with van der Waals surface area (Å²) in [7, 11) is 0. The molecule has 1 fully saturated rings. The molecule has 0 saturated carbocycles. The van der Waals surface area contributed by atoms with Crippen molar-refractivity contribution >= 4 is 12.0 Å². The Bertz CT molecular complexity index is 779. The molecular formula is C22H26N2O3. The Morgan fingerprint density at radius 3 is 2.33 bits per heavy atom.